The minimum absolute atomic E-state index is 0.0559. The molecule has 0 unspecified atom stereocenters. The highest BCUT2D eigenvalue weighted by atomic mass is 32.1. The van der Waals surface area contributed by atoms with Gasteiger partial charge >= 0.3 is 5.97 Å². The summed E-state index contributed by atoms with van der Waals surface area (Å²) in [5.41, 5.74) is -0.157. The zero-order chi connectivity index (χ0) is 11.5. The van der Waals surface area contributed by atoms with Crippen molar-refractivity contribution in [1.82, 2.24) is 10.1 Å². The van der Waals surface area contributed by atoms with Gasteiger partial charge in [-0.15, -0.1) is 11.3 Å². The maximum absolute atomic E-state index is 11.5. The first kappa shape index (κ1) is 10.3. The molecule has 82 valence electrons. The average molecular weight is 239 g/mol. The summed E-state index contributed by atoms with van der Waals surface area (Å²) in [6.07, 6.45) is 1.31. The average Bonchev–Trinajstić information content (AvgIpc) is 2.86. The number of hydrogen-bond acceptors (Lipinski definition) is 6. The topological polar surface area (TPSA) is 105 Å². The molecule has 0 aliphatic carbocycles. The Balaban J connectivity index is 2.12. The Morgan fingerprint density at radius 3 is 2.88 bits per heavy atom. The third-order valence-electron chi connectivity index (χ3n) is 1.60. The number of aromatic carboxylic acids is 1. The number of carboxylic acids is 1. The molecule has 1 amide bonds. The van der Waals surface area contributed by atoms with Crippen molar-refractivity contribution in [2.45, 2.75) is 0 Å². The molecule has 2 aromatic heterocycles. The van der Waals surface area contributed by atoms with E-state index < -0.39 is 11.9 Å². The summed E-state index contributed by atoms with van der Waals surface area (Å²) in [5.74, 6) is -1.44. The normalized spacial score (nSPS) is 10.0. The molecule has 2 rings (SSSR count). The summed E-state index contributed by atoms with van der Waals surface area (Å²) < 4.78 is 4.52. The second-order valence-corrected chi connectivity index (χ2v) is 3.54. The fourth-order valence-corrected chi connectivity index (χ4v) is 1.61. The molecule has 7 nitrogen and oxygen atoms in total. The Bertz CT molecular complexity index is 519. The third-order valence-corrected chi connectivity index (χ3v) is 2.44. The number of nitrogens with one attached hydrogen (secondary N) is 1. The molecule has 0 aliphatic rings. The van der Waals surface area contributed by atoms with Crippen LogP contribution in [0.25, 0.3) is 0 Å². The number of carbonyl (C=O) groups is 2. The predicted molar refractivity (Wildman–Crippen MR) is 53.5 cm³/mol. The number of thiazole rings is 1. The van der Waals surface area contributed by atoms with Crippen LogP contribution in [-0.4, -0.2) is 27.1 Å². The third kappa shape index (κ3) is 2.06. The standard InChI is InChI=1S/C8H5N3O4S/c12-6(10-5-1-2-15-11-5)7-9-4(3-16-7)8(13)14/h1-3H,(H,13,14)(H,10,11,12). The summed E-state index contributed by atoms with van der Waals surface area (Å²) in [6.45, 7) is 0. The maximum Gasteiger partial charge on any atom is 0.355 e. The second-order valence-electron chi connectivity index (χ2n) is 2.68. The molecule has 0 bridgehead atoms. The van der Waals surface area contributed by atoms with Gasteiger partial charge in [0.25, 0.3) is 5.91 Å². The summed E-state index contributed by atoms with van der Waals surface area (Å²) in [4.78, 5) is 25.7. The summed E-state index contributed by atoms with van der Waals surface area (Å²) in [5, 5.41) is 15.8. The summed E-state index contributed by atoms with van der Waals surface area (Å²) in [6, 6.07) is 1.46. The van der Waals surface area contributed by atoms with E-state index in [1.165, 1.54) is 17.7 Å². The minimum atomic E-state index is -1.17. The van der Waals surface area contributed by atoms with Gasteiger partial charge in [-0.05, 0) is 0 Å². The van der Waals surface area contributed by atoms with Gasteiger partial charge in [0.2, 0.25) is 0 Å². The number of rotatable bonds is 3. The van der Waals surface area contributed by atoms with Crippen molar-refractivity contribution in [3.05, 3.63) is 28.4 Å². The molecule has 0 spiro atoms. The molecule has 0 fully saturated rings. The fourth-order valence-electron chi connectivity index (χ4n) is 0.923. The van der Waals surface area contributed by atoms with Crippen LogP contribution in [0.1, 0.15) is 20.3 Å². The first-order valence-electron chi connectivity index (χ1n) is 4.07. The van der Waals surface area contributed by atoms with Crippen molar-refractivity contribution < 1.29 is 19.2 Å². The van der Waals surface area contributed by atoms with Gasteiger partial charge in [-0.3, -0.25) is 4.79 Å². The SMILES string of the molecule is O=C(O)c1csc(C(=O)Nc2ccon2)n1. The van der Waals surface area contributed by atoms with E-state index in [1.54, 1.807) is 0 Å². The van der Waals surface area contributed by atoms with E-state index in [4.69, 9.17) is 5.11 Å². The molecule has 0 saturated heterocycles. The van der Waals surface area contributed by atoms with E-state index in [2.05, 4.69) is 20.0 Å². The van der Waals surface area contributed by atoms with Gasteiger partial charge in [0.1, 0.15) is 6.26 Å². The van der Waals surface area contributed by atoms with Crippen LogP contribution >= 0.6 is 11.3 Å². The maximum atomic E-state index is 11.5. The monoisotopic (exact) mass is 239 g/mol. The van der Waals surface area contributed by atoms with Crippen molar-refractivity contribution in [2.75, 3.05) is 5.32 Å². The molecule has 16 heavy (non-hydrogen) atoms. The molecular formula is C8H5N3O4S. The van der Waals surface area contributed by atoms with E-state index in [-0.39, 0.29) is 16.5 Å². The molecule has 0 aliphatic heterocycles. The van der Waals surface area contributed by atoms with E-state index in [9.17, 15) is 9.59 Å². The van der Waals surface area contributed by atoms with Gasteiger partial charge in [-0.1, -0.05) is 5.16 Å². The van der Waals surface area contributed by atoms with Gasteiger partial charge in [0.15, 0.2) is 16.5 Å². The van der Waals surface area contributed by atoms with Crippen molar-refractivity contribution in [3.8, 4) is 0 Å². The lowest BCUT2D eigenvalue weighted by Crippen LogP contribution is -2.12. The molecule has 0 atom stereocenters. The van der Waals surface area contributed by atoms with Gasteiger partial charge in [-0.25, -0.2) is 9.78 Å². The number of anilines is 1. The first-order chi connectivity index (χ1) is 7.66. The van der Waals surface area contributed by atoms with Gasteiger partial charge in [0.05, 0.1) is 0 Å². The molecule has 2 N–H and O–H groups in total. The molecule has 2 heterocycles. The van der Waals surface area contributed by atoms with E-state index >= 15 is 0 Å². The summed E-state index contributed by atoms with van der Waals surface area (Å²) in [7, 11) is 0. The smallest absolute Gasteiger partial charge is 0.355 e. The Morgan fingerprint density at radius 2 is 2.31 bits per heavy atom. The van der Waals surface area contributed by atoms with Crippen molar-refractivity contribution in [3.63, 3.8) is 0 Å². The Kier molecular flexibility index (Phi) is 2.64. The zero-order valence-electron chi connectivity index (χ0n) is 7.71. The lowest BCUT2D eigenvalue weighted by Gasteiger charge is -1.95. The van der Waals surface area contributed by atoms with Crippen LogP contribution in [0.3, 0.4) is 0 Å². The van der Waals surface area contributed by atoms with Crippen LogP contribution in [0.4, 0.5) is 5.82 Å². The molecular weight excluding hydrogens is 234 g/mol. The Labute approximate surface area is 92.7 Å². The number of carboxylic acid groups (broad SMARTS) is 1. The van der Waals surface area contributed by atoms with Gasteiger partial charge in [0, 0.05) is 11.4 Å². The van der Waals surface area contributed by atoms with Crippen molar-refractivity contribution in [1.29, 1.82) is 0 Å². The largest absolute Gasteiger partial charge is 0.476 e. The first-order valence-corrected chi connectivity index (χ1v) is 4.95. The lowest BCUT2D eigenvalue weighted by molar-refractivity contribution is 0.0691. The molecule has 0 saturated carbocycles. The number of nitrogens with zero attached hydrogens (tertiary/aromatic N) is 2. The van der Waals surface area contributed by atoms with Crippen molar-refractivity contribution >= 4 is 29.0 Å². The fraction of sp³-hybridized carbons (Fsp3) is 0. The van der Waals surface area contributed by atoms with Gasteiger partial charge < -0.3 is 14.9 Å². The second kappa shape index (κ2) is 4.11. The molecule has 2 aromatic rings. The van der Waals surface area contributed by atoms with E-state index in [0.717, 1.165) is 11.3 Å². The van der Waals surface area contributed by atoms with E-state index in [0.29, 0.717) is 0 Å². The zero-order valence-corrected chi connectivity index (χ0v) is 8.52. The molecule has 0 aromatic carbocycles. The Hall–Kier alpha value is -2.22. The predicted octanol–water partition coefficient (Wildman–Crippen LogP) is 1.08. The van der Waals surface area contributed by atoms with Crippen LogP contribution in [0.5, 0.6) is 0 Å². The lowest BCUT2D eigenvalue weighted by atomic mass is 10.5. The van der Waals surface area contributed by atoms with E-state index in [1.807, 2.05) is 0 Å². The number of hydrogen-bond donors (Lipinski definition) is 2. The highest BCUT2D eigenvalue weighted by Crippen LogP contribution is 2.12. The number of aromatic nitrogens is 2. The minimum Gasteiger partial charge on any atom is -0.476 e. The Morgan fingerprint density at radius 1 is 1.50 bits per heavy atom. The molecule has 0 radical (unpaired) electrons. The number of amides is 1. The summed E-state index contributed by atoms with van der Waals surface area (Å²) >= 11 is 0.945. The van der Waals surface area contributed by atoms with Crippen LogP contribution in [0.15, 0.2) is 22.2 Å². The highest BCUT2D eigenvalue weighted by molar-refractivity contribution is 7.12. The van der Waals surface area contributed by atoms with Crippen LogP contribution < -0.4 is 5.32 Å². The molecule has 8 heteroatoms. The number of carbonyl (C=O) groups excluding carboxylic acids is 1. The van der Waals surface area contributed by atoms with Gasteiger partial charge in [-0.2, -0.15) is 0 Å². The van der Waals surface area contributed by atoms with Crippen LogP contribution in [0.2, 0.25) is 0 Å². The highest BCUT2D eigenvalue weighted by Gasteiger charge is 2.15. The quantitative estimate of drug-likeness (QED) is 0.830. The van der Waals surface area contributed by atoms with Crippen LogP contribution in [-0.2, 0) is 0 Å². The van der Waals surface area contributed by atoms with Crippen LogP contribution in [0, 0.1) is 0 Å². The van der Waals surface area contributed by atoms with Crippen molar-refractivity contribution in [2.24, 2.45) is 0 Å².